The van der Waals surface area contributed by atoms with Crippen LogP contribution in [0.1, 0.15) is 17.5 Å². The van der Waals surface area contributed by atoms with Crippen LogP contribution in [-0.2, 0) is 5.92 Å². The van der Waals surface area contributed by atoms with E-state index in [1.165, 1.54) is 6.92 Å². The third-order valence-corrected chi connectivity index (χ3v) is 2.04. The minimum absolute atomic E-state index is 0.0934. The molecule has 0 fully saturated rings. The molecule has 0 saturated carbocycles. The summed E-state index contributed by atoms with van der Waals surface area (Å²) >= 11 is 0. The lowest BCUT2D eigenvalue weighted by atomic mass is 10.0. The van der Waals surface area contributed by atoms with E-state index in [9.17, 15) is 13.2 Å². The predicted molar refractivity (Wildman–Crippen MR) is 48.7 cm³/mol. The highest BCUT2D eigenvalue weighted by Crippen LogP contribution is 2.33. The highest BCUT2D eigenvalue weighted by Gasteiger charge is 2.31. The van der Waals surface area contributed by atoms with E-state index in [4.69, 9.17) is 5.73 Å². The summed E-state index contributed by atoms with van der Waals surface area (Å²) < 4.78 is 39.3. The molecule has 0 amide bonds. The fraction of sp³-hybridized carbons (Fsp3) is 0.400. The second kappa shape index (κ2) is 4.00. The molecule has 14 heavy (non-hydrogen) atoms. The fourth-order valence-electron chi connectivity index (χ4n) is 1.35. The Morgan fingerprint density at radius 2 is 2.00 bits per heavy atom. The van der Waals surface area contributed by atoms with Gasteiger partial charge in [0, 0.05) is 12.0 Å². The number of hydrogen-bond acceptors (Lipinski definition) is 1. The first-order valence-electron chi connectivity index (χ1n) is 4.32. The van der Waals surface area contributed by atoms with Gasteiger partial charge in [0.05, 0.1) is 0 Å². The number of nitrogens with two attached hydrogens (primary N) is 1. The van der Waals surface area contributed by atoms with E-state index in [1.807, 2.05) is 0 Å². The number of benzene rings is 1. The lowest BCUT2D eigenvalue weighted by molar-refractivity contribution is -0.0113. The van der Waals surface area contributed by atoms with E-state index >= 15 is 0 Å². The molecule has 2 N–H and O–H groups in total. The molecular weight excluding hydrogens is 191 g/mol. The molecule has 0 spiro atoms. The zero-order valence-corrected chi connectivity index (χ0v) is 7.86. The summed E-state index contributed by atoms with van der Waals surface area (Å²) in [5.41, 5.74) is 5.18. The molecule has 0 aromatic heterocycles. The van der Waals surface area contributed by atoms with Crippen molar-refractivity contribution in [2.75, 3.05) is 6.54 Å². The van der Waals surface area contributed by atoms with Gasteiger partial charge in [0.25, 0.3) is 5.92 Å². The van der Waals surface area contributed by atoms with E-state index < -0.39 is 18.2 Å². The number of alkyl halides is 2. The minimum atomic E-state index is -2.97. The van der Waals surface area contributed by atoms with Gasteiger partial charge in [0.2, 0.25) is 0 Å². The largest absolute Gasteiger partial charge is 0.330 e. The summed E-state index contributed by atoms with van der Waals surface area (Å²) in [4.78, 5) is 0. The van der Waals surface area contributed by atoms with Crippen LogP contribution in [0.25, 0.3) is 0 Å². The first-order chi connectivity index (χ1) is 6.47. The van der Waals surface area contributed by atoms with E-state index in [-0.39, 0.29) is 17.7 Å². The maximum absolute atomic E-state index is 13.3. The molecule has 0 heterocycles. The van der Waals surface area contributed by atoms with Crippen molar-refractivity contribution < 1.29 is 13.2 Å². The summed E-state index contributed by atoms with van der Waals surface area (Å²) in [6.07, 6.45) is -0.417. The SMILES string of the molecule is Cc1cc(F)ccc1C(F)(F)CCN. The standard InChI is InChI=1S/C10H12F3N/c1-7-6-8(11)2-3-9(7)10(12,13)4-5-14/h2-3,6H,4-5,14H2,1H3. The Hall–Kier alpha value is -1.03. The Labute approximate surface area is 80.7 Å². The van der Waals surface area contributed by atoms with Crippen molar-refractivity contribution in [3.05, 3.63) is 35.1 Å². The van der Waals surface area contributed by atoms with Crippen molar-refractivity contribution in [3.63, 3.8) is 0 Å². The molecule has 1 rings (SSSR count). The van der Waals surface area contributed by atoms with Gasteiger partial charge in [-0.25, -0.2) is 13.2 Å². The summed E-state index contributed by atoms with van der Waals surface area (Å²) in [5.74, 6) is -3.47. The maximum Gasteiger partial charge on any atom is 0.274 e. The van der Waals surface area contributed by atoms with Crippen molar-refractivity contribution in [2.45, 2.75) is 19.3 Å². The van der Waals surface area contributed by atoms with Crippen LogP contribution in [0.5, 0.6) is 0 Å². The van der Waals surface area contributed by atoms with Gasteiger partial charge >= 0.3 is 0 Å². The van der Waals surface area contributed by atoms with E-state index in [0.29, 0.717) is 0 Å². The summed E-state index contributed by atoms with van der Waals surface area (Å²) in [7, 11) is 0. The van der Waals surface area contributed by atoms with Crippen LogP contribution in [0.4, 0.5) is 13.2 Å². The van der Waals surface area contributed by atoms with Gasteiger partial charge in [-0.15, -0.1) is 0 Å². The summed E-state index contributed by atoms with van der Waals surface area (Å²) in [5, 5.41) is 0. The Bertz CT molecular complexity index is 323. The van der Waals surface area contributed by atoms with Gasteiger partial charge in [-0.1, -0.05) is 0 Å². The molecule has 1 nitrogen and oxygen atoms in total. The van der Waals surface area contributed by atoms with Crippen LogP contribution in [-0.4, -0.2) is 6.54 Å². The Kier molecular flexibility index (Phi) is 3.16. The number of halogens is 3. The third-order valence-electron chi connectivity index (χ3n) is 2.04. The number of aryl methyl sites for hydroxylation is 1. The highest BCUT2D eigenvalue weighted by atomic mass is 19.3. The number of hydrogen-bond donors (Lipinski definition) is 1. The van der Waals surface area contributed by atoms with Crippen LogP contribution in [0.2, 0.25) is 0 Å². The quantitative estimate of drug-likeness (QED) is 0.802. The lowest BCUT2D eigenvalue weighted by Gasteiger charge is -2.17. The van der Waals surface area contributed by atoms with Crippen LogP contribution in [0.3, 0.4) is 0 Å². The third kappa shape index (κ3) is 2.26. The van der Waals surface area contributed by atoms with E-state index in [1.54, 1.807) is 0 Å². The number of rotatable bonds is 3. The topological polar surface area (TPSA) is 26.0 Å². The van der Waals surface area contributed by atoms with Crippen LogP contribution in [0, 0.1) is 12.7 Å². The van der Waals surface area contributed by atoms with E-state index in [2.05, 4.69) is 0 Å². The highest BCUT2D eigenvalue weighted by molar-refractivity contribution is 5.30. The molecule has 0 aliphatic heterocycles. The average molecular weight is 203 g/mol. The molecule has 4 heteroatoms. The van der Waals surface area contributed by atoms with Gasteiger partial charge < -0.3 is 5.73 Å². The summed E-state index contributed by atoms with van der Waals surface area (Å²) in [6, 6.07) is 3.24. The molecule has 0 saturated heterocycles. The zero-order valence-electron chi connectivity index (χ0n) is 7.86. The van der Waals surface area contributed by atoms with Gasteiger partial charge in [0.1, 0.15) is 5.82 Å². The Balaban J connectivity index is 3.06. The molecular formula is C10H12F3N. The second-order valence-electron chi connectivity index (χ2n) is 3.20. The van der Waals surface area contributed by atoms with Crippen molar-refractivity contribution in [1.29, 1.82) is 0 Å². The molecule has 78 valence electrons. The molecule has 0 aliphatic rings. The molecule has 0 bridgehead atoms. The maximum atomic E-state index is 13.3. The van der Waals surface area contributed by atoms with Crippen molar-refractivity contribution >= 4 is 0 Å². The van der Waals surface area contributed by atoms with Crippen molar-refractivity contribution in [2.24, 2.45) is 5.73 Å². The molecule has 0 radical (unpaired) electrons. The van der Waals surface area contributed by atoms with Crippen LogP contribution in [0.15, 0.2) is 18.2 Å². The minimum Gasteiger partial charge on any atom is -0.330 e. The monoisotopic (exact) mass is 203 g/mol. The average Bonchev–Trinajstić information content (AvgIpc) is 2.02. The smallest absolute Gasteiger partial charge is 0.274 e. The second-order valence-corrected chi connectivity index (χ2v) is 3.20. The van der Waals surface area contributed by atoms with Gasteiger partial charge in [-0.3, -0.25) is 0 Å². The van der Waals surface area contributed by atoms with Gasteiger partial charge in [-0.05, 0) is 37.2 Å². The van der Waals surface area contributed by atoms with Gasteiger partial charge in [-0.2, -0.15) is 0 Å². The first-order valence-corrected chi connectivity index (χ1v) is 4.32. The van der Waals surface area contributed by atoms with Gasteiger partial charge in [0.15, 0.2) is 0 Å². The normalized spacial score (nSPS) is 11.8. The lowest BCUT2D eigenvalue weighted by Crippen LogP contribution is -2.19. The Morgan fingerprint density at radius 1 is 1.36 bits per heavy atom. The van der Waals surface area contributed by atoms with Crippen LogP contribution < -0.4 is 5.73 Å². The summed E-state index contributed by atoms with van der Waals surface area (Å²) in [6.45, 7) is 1.37. The fourth-order valence-corrected chi connectivity index (χ4v) is 1.35. The van der Waals surface area contributed by atoms with Crippen LogP contribution >= 0.6 is 0 Å². The molecule has 1 aromatic carbocycles. The molecule has 0 unspecified atom stereocenters. The molecule has 0 atom stereocenters. The first kappa shape index (κ1) is 11.0. The molecule has 1 aromatic rings. The Morgan fingerprint density at radius 3 is 2.50 bits per heavy atom. The molecule has 0 aliphatic carbocycles. The van der Waals surface area contributed by atoms with Crippen molar-refractivity contribution in [3.8, 4) is 0 Å². The zero-order chi connectivity index (χ0) is 10.8. The predicted octanol–water partition coefficient (Wildman–Crippen LogP) is 2.57. The van der Waals surface area contributed by atoms with E-state index in [0.717, 1.165) is 18.2 Å². The van der Waals surface area contributed by atoms with Crippen molar-refractivity contribution in [1.82, 2.24) is 0 Å².